The Bertz CT molecular complexity index is 1080. The first-order valence-electron chi connectivity index (χ1n) is 11.9. The summed E-state index contributed by atoms with van der Waals surface area (Å²) in [5.74, 6) is 0.884. The molecule has 0 spiro atoms. The Labute approximate surface area is 200 Å². The van der Waals surface area contributed by atoms with Gasteiger partial charge in [0.25, 0.3) is 0 Å². The highest BCUT2D eigenvalue weighted by Gasteiger charge is 2.29. The van der Waals surface area contributed by atoms with Crippen molar-refractivity contribution in [2.75, 3.05) is 24.5 Å². The van der Waals surface area contributed by atoms with E-state index in [4.69, 9.17) is 4.98 Å². The van der Waals surface area contributed by atoms with Gasteiger partial charge in [-0.15, -0.1) is 0 Å². The van der Waals surface area contributed by atoms with Gasteiger partial charge in [0.1, 0.15) is 0 Å². The number of imidazole rings is 1. The summed E-state index contributed by atoms with van der Waals surface area (Å²) >= 11 is 0. The third-order valence-corrected chi connectivity index (χ3v) is 6.48. The van der Waals surface area contributed by atoms with E-state index in [0.717, 1.165) is 36.7 Å². The Morgan fingerprint density at radius 3 is 2.35 bits per heavy atom. The summed E-state index contributed by atoms with van der Waals surface area (Å²) in [6.07, 6.45) is -1.45. The van der Waals surface area contributed by atoms with E-state index in [0.29, 0.717) is 19.5 Å². The Hall–Kier alpha value is -2.80. The van der Waals surface area contributed by atoms with Crippen molar-refractivity contribution in [1.29, 1.82) is 0 Å². The van der Waals surface area contributed by atoms with E-state index in [1.165, 1.54) is 22.4 Å². The molecule has 0 amide bonds. The number of aromatic nitrogens is 2. The maximum atomic E-state index is 13.0. The lowest BCUT2D eigenvalue weighted by Gasteiger charge is -2.33. The van der Waals surface area contributed by atoms with Crippen LogP contribution in [-0.4, -0.2) is 40.3 Å². The fourth-order valence-corrected chi connectivity index (χ4v) is 5.00. The molecule has 3 aromatic rings. The standard InChI is InChI=1S/C27H33F3N4/c1-20-16-21(2)25(22(3)17-20)34-13-7-12-33-24(18-31-26(33)34)19-32(15-11-27(28,29)30)14-10-23-8-5-4-6-9-23/h4-6,8-9,16-18H,7,10-15,19H2,1-3H3. The number of aryl methyl sites for hydroxylation is 3. The third-order valence-electron chi connectivity index (χ3n) is 6.48. The molecule has 2 aromatic carbocycles. The fraction of sp³-hybridized carbons (Fsp3) is 0.444. The molecule has 0 bridgehead atoms. The first-order valence-corrected chi connectivity index (χ1v) is 11.9. The Morgan fingerprint density at radius 1 is 0.971 bits per heavy atom. The minimum Gasteiger partial charge on any atom is -0.313 e. The zero-order valence-corrected chi connectivity index (χ0v) is 20.2. The molecule has 0 saturated heterocycles. The van der Waals surface area contributed by atoms with E-state index >= 15 is 0 Å². The maximum absolute atomic E-state index is 13.0. The van der Waals surface area contributed by atoms with Crippen LogP contribution >= 0.6 is 0 Å². The molecule has 4 rings (SSSR count). The highest BCUT2D eigenvalue weighted by atomic mass is 19.4. The van der Waals surface area contributed by atoms with Crippen LogP contribution in [0.15, 0.2) is 48.7 Å². The van der Waals surface area contributed by atoms with Crippen LogP contribution < -0.4 is 4.90 Å². The van der Waals surface area contributed by atoms with Gasteiger partial charge in [-0.3, -0.25) is 4.90 Å². The van der Waals surface area contributed by atoms with E-state index in [2.05, 4.69) is 42.4 Å². The van der Waals surface area contributed by atoms with Gasteiger partial charge in [0.05, 0.1) is 18.3 Å². The molecule has 0 saturated carbocycles. The van der Waals surface area contributed by atoms with Crippen molar-refractivity contribution in [1.82, 2.24) is 14.5 Å². The topological polar surface area (TPSA) is 24.3 Å². The number of rotatable bonds is 8. The van der Waals surface area contributed by atoms with Gasteiger partial charge in [-0.25, -0.2) is 4.98 Å². The predicted octanol–water partition coefficient (Wildman–Crippen LogP) is 6.35. The van der Waals surface area contributed by atoms with Gasteiger partial charge < -0.3 is 9.47 Å². The summed E-state index contributed by atoms with van der Waals surface area (Å²) in [6, 6.07) is 14.3. The molecule has 182 valence electrons. The van der Waals surface area contributed by atoms with Crippen LogP contribution in [0.3, 0.4) is 0 Å². The minimum absolute atomic E-state index is 0.0171. The molecular weight excluding hydrogens is 437 g/mol. The largest absolute Gasteiger partial charge is 0.390 e. The van der Waals surface area contributed by atoms with E-state index in [1.54, 1.807) is 0 Å². The molecule has 0 N–H and O–H groups in total. The number of fused-ring (bicyclic) bond motifs is 1. The lowest BCUT2D eigenvalue weighted by molar-refractivity contribution is -0.138. The number of anilines is 2. The molecule has 0 unspecified atom stereocenters. The van der Waals surface area contributed by atoms with Crippen molar-refractivity contribution < 1.29 is 13.2 Å². The summed E-state index contributed by atoms with van der Waals surface area (Å²) in [7, 11) is 0. The van der Waals surface area contributed by atoms with Gasteiger partial charge in [-0.05, 0) is 50.3 Å². The SMILES string of the molecule is Cc1cc(C)c(N2CCCn3c(CN(CCc4ccccc4)CCC(F)(F)F)cnc32)c(C)c1. The fourth-order valence-electron chi connectivity index (χ4n) is 5.00. The quantitative estimate of drug-likeness (QED) is 0.384. The average molecular weight is 471 g/mol. The molecular formula is C27H33F3N4. The van der Waals surface area contributed by atoms with Crippen LogP contribution in [0.5, 0.6) is 0 Å². The predicted molar refractivity (Wildman–Crippen MR) is 131 cm³/mol. The molecule has 1 aliphatic rings. The molecule has 34 heavy (non-hydrogen) atoms. The Balaban J connectivity index is 1.56. The molecule has 2 heterocycles. The van der Waals surface area contributed by atoms with Gasteiger partial charge in [-0.2, -0.15) is 13.2 Å². The van der Waals surface area contributed by atoms with Crippen LogP contribution in [-0.2, 0) is 19.5 Å². The van der Waals surface area contributed by atoms with Crippen LogP contribution in [0.2, 0.25) is 0 Å². The molecule has 1 aromatic heterocycles. The second-order valence-electron chi connectivity index (χ2n) is 9.33. The van der Waals surface area contributed by atoms with E-state index in [1.807, 2.05) is 41.4 Å². The van der Waals surface area contributed by atoms with Crippen LogP contribution in [0.4, 0.5) is 24.8 Å². The van der Waals surface area contributed by atoms with Crippen molar-refractivity contribution in [3.63, 3.8) is 0 Å². The van der Waals surface area contributed by atoms with Crippen molar-refractivity contribution in [2.45, 2.75) is 59.3 Å². The van der Waals surface area contributed by atoms with E-state index in [-0.39, 0.29) is 6.54 Å². The molecule has 0 atom stereocenters. The highest BCUT2D eigenvalue weighted by Crippen LogP contribution is 2.35. The third kappa shape index (κ3) is 5.81. The van der Waals surface area contributed by atoms with Crippen molar-refractivity contribution in [2.24, 2.45) is 0 Å². The number of hydrogen-bond acceptors (Lipinski definition) is 3. The van der Waals surface area contributed by atoms with Gasteiger partial charge in [0.15, 0.2) is 0 Å². The van der Waals surface area contributed by atoms with Crippen molar-refractivity contribution in [3.8, 4) is 0 Å². The number of hydrogen-bond donors (Lipinski definition) is 0. The van der Waals surface area contributed by atoms with Crippen LogP contribution in [0, 0.1) is 20.8 Å². The van der Waals surface area contributed by atoms with Crippen LogP contribution in [0.1, 0.15) is 40.8 Å². The lowest BCUT2D eigenvalue weighted by Crippen LogP contribution is -2.33. The Morgan fingerprint density at radius 2 is 1.68 bits per heavy atom. The molecule has 0 aliphatic carbocycles. The zero-order valence-electron chi connectivity index (χ0n) is 20.2. The molecule has 0 radical (unpaired) electrons. The second kappa shape index (κ2) is 10.2. The van der Waals surface area contributed by atoms with Crippen LogP contribution in [0.25, 0.3) is 0 Å². The highest BCUT2D eigenvalue weighted by molar-refractivity contribution is 5.67. The smallest absolute Gasteiger partial charge is 0.313 e. The van der Waals surface area contributed by atoms with Gasteiger partial charge in [0.2, 0.25) is 5.95 Å². The summed E-state index contributed by atoms with van der Waals surface area (Å²) in [6.45, 7) is 9.07. The molecule has 7 heteroatoms. The van der Waals surface area contributed by atoms with Crippen molar-refractivity contribution >= 4 is 11.6 Å². The molecule has 1 aliphatic heterocycles. The second-order valence-corrected chi connectivity index (χ2v) is 9.33. The molecule has 4 nitrogen and oxygen atoms in total. The summed E-state index contributed by atoms with van der Waals surface area (Å²) in [5.41, 5.74) is 6.94. The zero-order chi connectivity index (χ0) is 24.3. The number of alkyl halides is 3. The minimum atomic E-state index is -4.17. The van der Waals surface area contributed by atoms with Gasteiger partial charge in [0, 0.05) is 38.4 Å². The van der Waals surface area contributed by atoms with Crippen molar-refractivity contribution in [3.05, 3.63) is 76.6 Å². The lowest BCUT2D eigenvalue weighted by atomic mass is 10.0. The molecule has 0 fully saturated rings. The number of halogens is 3. The summed E-state index contributed by atoms with van der Waals surface area (Å²) < 4.78 is 41.3. The first kappa shape index (κ1) is 24.3. The summed E-state index contributed by atoms with van der Waals surface area (Å²) in [5, 5.41) is 0. The number of nitrogens with zero attached hydrogens (tertiary/aromatic N) is 4. The first-order chi connectivity index (χ1) is 16.2. The average Bonchev–Trinajstić information content (AvgIpc) is 3.18. The Kier molecular flexibility index (Phi) is 7.31. The normalized spacial score (nSPS) is 14.0. The van der Waals surface area contributed by atoms with Gasteiger partial charge >= 0.3 is 6.18 Å². The van der Waals surface area contributed by atoms with E-state index in [9.17, 15) is 13.2 Å². The van der Waals surface area contributed by atoms with Gasteiger partial charge in [-0.1, -0.05) is 48.0 Å². The summed E-state index contributed by atoms with van der Waals surface area (Å²) in [4.78, 5) is 8.91. The van der Waals surface area contributed by atoms with E-state index < -0.39 is 12.6 Å². The monoisotopic (exact) mass is 470 g/mol. The number of benzene rings is 2. The maximum Gasteiger partial charge on any atom is 0.390 e.